The summed E-state index contributed by atoms with van der Waals surface area (Å²) in [4.78, 5) is 8.46. The zero-order valence-corrected chi connectivity index (χ0v) is 10.7. The van der Waals surface area contributed by atoms with Crippen molar-refractivity contribution in [3.63, 3.8) is 0 Å². The Balaban J connectivity index is 2.28. The van der Waals surface area contributed by atoms with Crippen molar-refractivity contribution in [2.24, 2.45) is 0 Å². The Labute approximate surface area is 106 Å². The van der Waals surface area contributed by atoms with Crippen LogP contribution in [-0.2, 0) is 0 Å². The summed E-state index contributed by atoms with van der Waals surface area (Å²) in [6.45, 7) is 2.05. The van der Waals surface area contributed by atoms with Crippen LogP contribution in [0.5, 0.6) is 5.88 Å². The van der Waals surface area contributed by atoms with Gasteiger partial charge in [-0.3, -0.25) is 0 Å². The number of benzene rings is 1. The molecule has 2 N–H and O–H groups in total. The number of methoxy groups -OCH3 is 1. The van der Waals surface area contributed by atoms with E-state index in [4.69, 9.17) is 4.74 Å². The molecule has 0 radical (unpaired) electrons. The molecule has 5 heteroatoms. The number of hydrogen-bond acceptors (Lipinski definition) is 5. The molecule has 0 aliphatic rings. The number of anilines is 3. The Bertz CT molecular complexity index is 520. The van der Waals surface area contributed by atoms with Crippen molar-refractivity contribution in [1.82, 2.24) is 9.97 Å². The molecule has 0 saturated heterocycles. The Morgan fingerprint density at radius 3 is 2.67 bits per heavy atom. The summed E-state index contributed by atoms with van der Waals surface area (Å²) in [5.74, 6) is 1.73. The molecule has 2 aromatic rings. The first-order chi connectivity index (χ1) is 8.71. The summed E-state index contributed by atoms with van der Waals surface area (Å²) < 4.78 is 5.13. The maximum atomic E-state index is 5.13. The molecular weight excluding hydrogens is 228 g/mol. The molecule has 0 bridgehead atoms. The van der Waals surface area contributed by atoms with Crippen LogP contribution in [-0.4, -0.2) is 24.1 Å². The lowest BCUT2D eigenvalue weighted by atomic mass is 10.2. The fourth-order valence-corrected chi connectivity index (χ4v) is 1.58. The van der Waals surface area contributed by atoms with Crippen LogP contribution in [0.25, 0.3) is 0 Å². The van der Waals surface area contributed by atoms with Crippen LogP contribution in [0.3, 0.4) is 0 Å². The van der Waals surface area contributed by atoms with Gasteiger partial charge in [-0.15, -0.1) is 0 Å². The highest BCUT2D eigenvalue weighted by molar-refractivity contribution is 5.59. The molecule has 0 unspecified atom stereocenters. The highest BCUT2D eigenvalue weighted by atomic mass is 16.5. The molecule has 0 atom stereocenters. The number of aryl methyl sites for hydroxylation is 1. The van der Waals surface area contributed by atoms with Crippen molar-refractivity contribution >= 4 is 17.5 Å². The molecule has 1 aromatic heterocycles. The average Bonchev–Trinajstić information content (AvgIpc) is 2.38. The predicted octanol–water partition coefficient (Wildman–Crippen LogP) is 2.58. The van der Waals surface area contributed by atoms with E-state index in [1.165, 1.54) is 5.56 Å². The van der Waals surface area contributed by atoms with Gasteiger partial charge in [-0.25, -0.2) is 0 Å². The van der Waals surface area contributed by atoms with E-state index in [1.807, 2.05) is 31.2 Å². The minimum Gasteiger partial charge on any atom is -0.481 e. The van der Waals surface area contributed by atoms with Gasteiger partial charge in [0.05, 0.1) is 7.11 Å². The smallest absolute Gasteiger partial charge is 0.227 e. The molecule has 1 aromatic carbocycles. The summed E-state index contributed by atoms with van der Waals surface area (Å²) in [5, 5.41) is 6.12. The molecule has 0 aliphatic carbocycles. The summed E-state index contributed by atoms with van der Waals surface area (Å²) >= 11 is 0. The van der Waals surface area contributed by atoms with Crippen molar-refractivity contribution in [3.8, 4) is 5.88 Å². The Morgan fingerprint density at radius 1 is 1.17 bits per heavy atom. The summed E-state index contributed by atoms with van der Waals surface area (Å²) in [6.07, 6.45) is 0. The largest absolute Gasteiger partial charge is 0.481 e. The molecule has 0 amide bonds. The lowest BCUT2D eigenvalue weighted by Crippen LogP contribution is -2.02. The van der Waals surface area contributed by atoms with Gasteiger partial charge in [-0.05, 0) is 24.6 Å². The van der Waals surface area contributed by atoms with E-state index in [1.54, 1.807) is 20.2 Å². The summed E-state index contributed by atoms with van der Waals surface area (Å²) in [6, 6.07) is 9.83. The molecule has 0 fully saturated rings. The number of aromatic nitrogens is 2. The third-order valence-corrected chi connectivity index (χ3v) is 2.43. The second-order valence-corrected chi connectivity index (χ2v) is 3.86. The second-order valence-electron chi connectivity index (χ2n) is 3.86. The van der Waals surface area contributed by atoms with E-state index in [2.05, 4.69) is 20.6 Å². The average molecular weight is 244 g/mol. The molecule has 2 rings (SSSR count). The van der Waals surface area contributed by atoms with Gasteiger partial charge in [0, 0.05) is 18.8 Å². The van der Waals surface area contributed by atoms with Gasteiger partial charge in [0.25, 0.3) is 0 Å². The van der Waals surface area contributed by atoms with Crippen LogP contribution in [0.4, 0.5) is 17.5 Å². The first kappa shape index (κ1) is 12.2. The van der Waals surface area contributed by atoms with Crippen molar-refractivity contribution in [2.75, 3.05) is 24.8 Å². The molecule has 0 spiro atoms. The van der Waals surface area contributed by atoms with Crippen molar-refractivity contribution in [3.05, 3.63) is 35.9 Å². The van der Waals surface area contributed by atoms with Crippen LogP contribution < -0.4 is 15.4 Å². The first-order valence-corrected chi connectivity index (χ1v) is 5.66. The van der Waals surface area contributed by atoms with Crippen molar-refractivity contribution in [2.45, 2.75) is 6.92 Å². The molecule has 18 heavy (non-hydrogen) atoms. The fourth-order valence-electron chi connectivity index (χ4n) is 1.58. The van der Waals surface area contributed by atoms with E-state index in [-0.39, 0.29) is 0 Å². The quantitative estimate of drug-likeness (QED) is 0.865. The van der Waals surface area contributed by atoms with Crippen LogP contribution >= 0.6 is 0 Å². The Hall–Kier alpha value is -2.30. The van der Waals surface area contributed by atoms with E-state index in [0.29, 0.717) is 17.6 Å². The second kappa shape index (κ2) is 5.35. The monoisotopic (exact) mass is 244 g/mol. The summed E-state index contributed by atoms with van der Waals surface area (Å²) in [7, 11) is 3.35. The first-order valence-electron chi connectivity index (χ1n) is 5.66. The molecule has 5 nitrogen and oxygen atoms in total. The van der Waals surface area contributed by atoms with Gasteiger partial charge in [0.2, 0.25) is 11.8 Å². The maximum absolute atomic E-state index is 5.13. The number of rotatable bonds is 4. The van der Waals surface area contributed by atoms with Gasteiger partial charge in [-0.1, -0.05) is 12.1 Å². The highest BCUT2D eigenvalue weighted by Crippen LogP contribution is 2.20. The minimum absolute atomic E-state index is 0.518. The standard InChI is InChI=1S/C13H16N4O/c1-9-5-4-6-10(7-9)15-11-8-12(18-3)17-13(14-2)16-11/h4-8H,1-3H3,(H2,14,15,16,17). The topological polar surface area (TPSA) is 59.1 Å². The molecule has 94 valence electrons. The van der Waals surface area contributed by atoms with Gasteiger partial charge in [-0.2, -0.15) is 9.97 Å². The lowest BCUT2D eigenvalue weighted by molar-refractivity contribution is 0.398. The Kier molecular flexibility index (Phi) is 3.62. The predicted molar refractivity (Wildman–Crippen MR) is 72.6 cm³/mol. The molecule has 0 aliphatic heterocycles. The van der Waals surface area contributed by atoms with Crippen LogP contribution in [0, 0.1) is 6.92 Å². The maximum Gasteiger partial charge on any atom is 0.227 e. The highest BCUT2D eigenvalue weighted by Gasteiger charge is 2.04. The van der Waals surface area contributed by atoms with Crippen molar-refractivity contribution < 1.29 is 4.74 Å². The van der Waals surface area contributed by atoms with Gasteiger partial charge in [0.1, 0.15) is 5.82 Å². The van der Waals surface area contributed by atoms with Gasteiger partial charge in [0.15, 0.2) is 0 Å². The molecule has 1 heterocycles. The zero-order chi connectivity index (χ0) is 13.0. The Morgan fingerprint density at radius 2 is 2.00 bits per heavy atom. The van der Waals surface area contributed by atoms with Gasteiger partial charge >= 0.3 is 0 Å². The van der Waals surface area contributed by atoms with E-state index in [0.717, 1.165) is 5.69 Å². The third kappa shape index (κ3) is 2.88. The molecular formula is C13H16N4O. The van der Waals surface area contributed by atoms with E-state index < -0.39 is 0 Å². The number of hydrogen-bond donors (Lipinski definition) is 2. The number of nitrogens with one attached hydrogen (secondary N) is 2. The lowest BCUT2D eigenvalue weighted by Gasteiger charge is -2.09. The van der Waals surface area contributed by atoms with Crippen molar-refractivity contribution in [1.29, 1.82) is 0 Å². The van der Waals surface area contributed by atoms with Gasteiger partial charge < -0.3 is 15.4 Å². The van der Waals surface area contributed by atoms with E-state index >= 15 is 0 Å². The summed E-state index contributed by atoms with van der Waals surface area (Å²) in [5.41, 5.74) is 2.17. The fraction of sp³-hybridized carbons (Fsp3) is 0.231. The normalized spacial score (nSPS) is 9.94. The van der Waals surface area contributed by atoms with Crippen LogP contribution in [0.15, 0.2) is 30.3 Å². The number of ether oxygens (including phenoxy) is 1. The zero-order valence-electron chi connectivity index (χ0n) is 10.7. The SMILES string of the molecule is CNc1nc(Nc2cccc(C)c2)cc(OC)n1. The van der Waals surface area contributed by atoms with Crippen LogP contribution in [0.1, 0.15) is 5.56 Å². The number of nitrogens with zero attached hydrogens (tertiary/aromatic N) is 2. The van der Waals surface area contributed by atoms with E-state index in [9.17, 15) is 0 Å². The van der Waals surface area contributed by atoms with Crippen LogP contribution in [0.2, 0.25) is 0 Å². The molecule has 0 saturated carbocycles. The minimum atomic E-state index is 0.518. The third-order valence-electron chi connectivity index (χ3n) is 2.43.